The molecule has 0 atom stereocenters. The number of carbonyl (C=O) groups excluding carboxylic acids is 1. The molecule has 0 saturated heterocycles. The minimum atomic E-state index is -2.91. The van der Waals surface area contributed by atoms with Crippen LogP contribution >= 0.6 is 11.6 Å². The monoisotopic (exact) mass is 307 g/mol. The van der Waals surface area contributed by atoms with Crippen LogP contribution < -0.4 is 10.1 Å². The van der Waals surface area contributed by atoms with Gasteiger partial charge >= 0.3 is 6.61 Å². The highest BCUT2D eigenvalue weighted by Gasteiger charge is 2.08. The minimum Gasteiger partial charge on any atom is -0.435 e. The number of ether oxygens (including phenoxy) is 2. The van der Waals surface area contributed by atoms with Gasteiger partial charge in [0.15, 0.2) is 0 Å². The standard InChI is InChI=1S/C13H16ClF2NO3/c14-5-8-19-7-2-6-17-12(18)10-3-1-4-11(9-10)20-13(15)16/h1,3-4,9,13H,2,5-8H2,(H,17,18). The molecule has 1 aromatic carbocycles. The van der Waals surface area contributed by atoms with Crippen molar-refractivity contribution in [2.75, 3.05) is 25.6 Å². The topological polar surface area (TPSA) is 47.6 Å². The van der Waals surface area contributed by atoms with Crippen molar-refractivity contribution in [2.45, 2.75) is 13.0 Å². The van der Waals surface area contributed by atoms with Crippen LogP contribution in [0.5, 0.6) is 5.75 Å². The fourth-order valence-electron chi connectivity index (χ4n) is 1.45. The number of benzene rings is 1. The molecule has 7 heteroatoms. The Morgan fingerprint density at radius 3 is 2.85 bits per heavy atom. The summed E-state index contributed by atoms with van der Waals surface area (Å²) in [6, 6.07) is 5.64. The highest BCUT2D eigenvalue weighted by atomic mass is 35.5. The summed E-state index contributed by atoms with van der Waals surface area (Å²) in [4.78, 5) is 11.8. The molecule has 0 aliphatic carbocycles. The summed E-state index contributed by atoms with van der Waals surface area (Å²) in [5.41, 5.74) is 0.268. The Bertz CT molecular complexity index is 418. The van der Waals surface area contributed by atoms with Crippen molar-refractivity contribution in [3.63, 3.8) is 0 Å². The van der Waals surface area contributed by atoms with Crippen LogP contribution in [0.3, 0.4) is 0 Å². The molecular formula is C13H16ClF2NO3. The summed E-state index contributed by atoms with van der Waals surface area (Å²) < 4.78 is 33.5. The second kappa shape index (κ2) is 9.50. The summed E-state index contributed by atoms with van der Waals surface area (Å²) in [7, 11) is 0. The third-order valence-corrected chi connectivity index (χ3v) is 2.45. The van der Waals surface area contributed by atoms with Crippen molar-refractivity contribution in [1.29, 1.82) is 0 Å². The van der Waals surface area contributed by atoms with Crippen LogP contribution in [-0.2, 0) is 4.74 Å². The average molecular weight is 308 g/mol. The molecule has 0 aliphatic rings. The molecule has 0 aliphatic heterocycles. The Labute approximate surface area is 121 Å². The van der Waals surface area contributed by atoms with Crippen molar-refractivity contribution >= 4 is 17.5 Å². The molecule has 0 unspecified atom stereocenters. The van der Waals surface area contributed by atoms with E-state index in [-0.39, 0.29) is 17.2 Å². The Morgan fingerprint density at radius 2 is 2.15 bits per heavy atom. The fourth-order valence-corrected chi connectivity index (χ4v) is 1.56. The Balaban J connectivity index is 2.35. The zero-order chi connectivity index (χ0) is 14.8. The van der Waals surface area contributed by atoms with Gasteiger partial charge in [0.05, 0.1) is 6.61 Å². The van der Waals surface area contributed by atoms with E-state index in [9.17, 15) is 13.6 Å². The van der Waals surface area contributed by atoms with E-state index in [1.165, 1.54) is 24.3 Å². The van der Waals surface area contributed by atoms with Crippen LogP contribution in [0.15, 0.2) is 24.3 Å². The zero-order valence-corrected chi connectivity index (χ0v) is 11.5. The lowest BCUT2D eigenvalue weighted by atomic mass is 10.2. The molecule has 20 heavy (non-hydrogen) atoms. The van der Waals surface area contributed by atoms with Gasteiger partial charge in [-0.2, -0.15) is 8.78 Å². The van der Waals surface area contributed by atoms with Crippen LogP contribution in [0, 0.1) is 0 Å². The van der Waals surface area contributed by atoms with Crippen molar-refractivity contribution in [2.24, 2.45) is 0 Å². The van der Waals surface area contributed by atoms with Crippen molar-refractivity contribution < 1.29 is 23.0 Å². The molecule has 1 rings (SSSR count). The maximum absolute atomic E-state index is 12.1. The first-order chi connectivity index (χ1) is 9.63. The lowest BCUT2D eigenvalue weighted by Gasteiger charge is -2.08. The predicted molar refractivity (Wildman–Crippen MR) is 71.6 cm³/mol. The molecule has 0 bridgehead atoms. The molecule has 112 valence electrons. The lowest BCUT2D eigenvalue weighted by molar-refractivity contribution is -0.0498. The van der Waals surface area contributed by atoms with Gasteiger partial charge in [0, 0.05) is 24.6 Å². The molecule has 0 fully saturated rings. The molecule has 4 nitrogen and oxygen atoms in total. The Hall–Kier alpha value is -1.40. The van der Waals surface area contributed by atoms with Crippen LogP contribution in [0.25, 0.3) is 0 Å². The van der Waals surface area contributed by atoms with Gasteiger partial charge in [0.1, 0.15) is 5.75 Å². The summed E-state index contributed by atoms with van der Waals surface area (Å²) in [6.07, 6.45) is 0.649. The molecule has 1 N–H and O–H groups in total. The molecule has 1 amide bonds. The molecule has 0 saturated carbocycles. The molecule has 1 aromatic rings. The van der Waals surface area contributed by atoms with Crippen molar-refractivity contribution in [3.05, 3.63) is 29.8 Å². The van der Waals surface area contributed by atoms with Gasteiger partial charge in [-0.25, -0.2) is 0 Å². The van der Waals surface area contributed by atoms with E-state index in [1.54, 1.807) is 0 Å². The van der Waals surface area contributed by atoms with E-state index in [1.807, 2.05) is 0 Å². The van der Waals surface area contributed by atoms with Crippen molar-refractivity contribution in [3.8, 4) is 5.75 Å². The quantitative estimate of drug-likeness (QED) is 0.563. The summed E-state index contributed by atoms with van der Waals surface area (Å²) in [5.74, 6) is 0.0451. The lowest BCUT2D eigenvalue weighted by Crippen LogP contribution is -2.25. The largest absolute Gasteiger partial charge is 0.435 e. The number of alkyl halides is 3. The first kappa shape index (κ1) is 16.7. The van der Waals surface area contributed by atoms with Gasteiger partial charge in [-0.3, -0.25) is 4.79 Å². The first-order valence-corrected chi connectivity index (χ1v) is 6.63. The van der Waals surface area contributed by atoms with Crippen LogP contribution in [0.4, 0.5) is 8.78 Å². The van der Waals surface area contributed by atoms with Gasteiger partial charge in [0.2, 0.25) is 0 Å². The zero-order valence-electron chi connectivity index (χ0n) is 10.8. The number of carbonyl (C=O) groups is 1. The molecular weight excluding hydrogens is 292 g/mol. The number of rotatable bonds is 9. The van der Waals surface area contributed by atoms with E-state index < -0.39 is 6.61 Å². The van der Waals surface area contributed by atoms with Crippen molar-refractivity contribution in [1.82, 2.24) is 5.32 Å². The maximum Gasteiger partial charge on any atom is 0.387 e. The maximum atomic E-state index is 12.1. The molecule has 0 spiro atoms. The highest BCUT2D eigenvalue weighted by Crippen LogP contribution is 2.15. The van der Waals surface area contributed by atoms with Crippen LogP contribution in [0.1, 0.15) is 16.8 Å². The van der Waals surface area contributed by atoms with Crippen LogP contribution in [-0.4, -0.2) is 38.2 Å². The van der Waals surface area contributed by atoms with Gasteiger partial charge < -0.3 is 14.8 Å². The van der Waals surface area contributed by atoms with E-state index in [4.69, 9.17) is 16.3 Å². The predicted octanol–water partition coefficient (Wildman–Crippen LogP) is 2.66. The number of hydrogen-bond acceptors (Lipinski definition) is 3. The summed E-state index contributed by atoms with van der Waals surface area (Å²) in [5, 5.41) is 2.66. The molecule has 0 heterocycles. The second-order valence-corrected chi connectivity index (χ2v) is 4.20. The number of amides is 1. The smallest absolute Gasteiger partial charge is 0.387 e. The van der Waals surface area contributed by atoms with Gasteiger partial charge in [-0.05, 0) is 24.6 Å². The van der Waals surface area contributed by atoms with Gasteiger partial charge in [-0.15, -0.1) is 11.6 Å². The minimum absolute atomic E-state index is 0.0434. The van der Waals surface area contributed by atoms with E-state index in [0.29, 0.717) is 32.1 Å². The molecule has 0 aromatic heterocycles. The molecule has 0 radical (unpaired) electrons. The average Bonchev–Trinajstić information content (AvgIpc) is 2.42. The second-order valence-electron chi connectivity index (χ2n) is 3.82. The summed E-state index contributed by atoms with van der Waals surface area (Å²) in [6.45, 7) is -1.50. The summed E-state index contributed by atoms with van der Waals surface area (Å²) >= 11 is 5.44. The third kappa shape index (κ3) is 6.68. The van der Waals surface area contributed by atoms with Gasteiger partial charge in [0.25, 0.3) is 5.91 Å². The normalized spacial score (nSPS) is 10.6. The van der Waals surface area contributed by atoms with E-state index in [0.717, 1.165) is 0 Å². The van der Waals surface area contributed by atoms with E-state index in [2.05, 4.69) is 10.1 Å². The number of halogens is 3. The third-order valence-electron chi connectivity index (χ3n) is 2.29. The number of nitrogens with one attached hydrogen (secondary N) is 1. The highest BCUT2D eigenvalue weighted by molar-refractivity contribution is 6.17. The first-order valence-electron chi connectivity index (χ1n) is 6.10. The fraction of sp³-hybridized carbons (Fsp3) is 0.462. The van der Waals surface area contributed by atoms with Crippen LogP contribution in [0.2, 0.25) is 0 Å². The van der Waals surface area contributed by atoms with E-state index >= 15 is 0 Å². The number of hydrogen-bond donors (Lipinski definition) is 1. The SMILES string of the molecule is O=C(NCCCOCCCl)c1cccc(OC(F)F)c1. The van der Waals surface area contributed by atoms with Gasteiger partial charge in [-0.1, -0.05) is 6.07 Å². The Kier molecular flexibility index (Phi) is 7.91. The Morgan fingerprint density at radius 1 is 1.35 bits per heavy atom.